The molecule has 0 saturated carbocycles. The van der Waals surface area contributed by atoms with Gasteiger partial charge in [0.2, 0.25) is 0 Å². The minimum Gasteiger partial charge on any atom is -0.387 e. The zero-order chi connectivity index (χ0) is 13.5. The molecule has 1 aromatic heterocycles. The van der Waals surface area contributed by atoms with Gasteiger partial charge in [0.15, 0.2) is 0 Å². The molecule has 0 amide bonds. The lowest BCUT2D eigenvalue weighted by Crippen LogP contribution is -2.12. The molecule has 1 aromatic rings. The summed E-state index contributed by atoms with van der Waals surface area (Å²) in [4.78, 5) is 0. The maximum atomic E-state index is 10.4. The quantitative estimate of drug-likeness (QED) is 0.763. The standard InChI is InChI=1S/C15H28N2O/c1-5-8-9-13(6-2)11-15(18)14-10-12(4)16-17(14)7-3/h10,13,15,18H,5-9,11H2,1-4H3. The zero-order valence-corrected chi connectivity index (χ0v) is 12.3. The molecule has 0 aliphatic heterocycles. The van der Waals surface area contributed by atoms with Crippen molar-refractivity contribution in [3.63, 3.8) is 0 Å². The summed E-state index contributed by atoms with van der Waals surface area (Å²) in [6.07, 6.45) is 5.37. The second-order valence-corrected chi connectivity index (χ2v) is 5.19. The first-order valence-corrected chi connectivity index (χ1v) is 7.34. The van der Waals surface area contributed by atoms with E-state index in [1.54, 1.807) is 0 Å². The average molecular weight is 252 g/mol. The number of aromatic nitrogens is 2. The summed E-state index contributed by atoms with van der Waals surface area (Å²) in [6, 6.07) is 2.01. The van der Waals surface area contributed by atoms with Gasteiger partial charge in [0.25, 0.3) is 0 Å². The smallest absolute Gasteiger partial charge is 0.0959 e. The summed E-state index contributed by atoms with van der Waals surface area (Å²) in [5.74, 6) is 0.625. The number of nitrogens with zero attached hydrogens (tertiary/aromatic N) is 2. The number of aliphatic hydroxyl groups excluding tert-OH is 1. The monoisotopic (exact) mass is 252 g/mol. The highest BCUT2D eigenvalue weighted by Crippen LogP contribution is 2.27. The molecule has 18 heavy (non-hydrogen) atoms. The summed E-state index contributed by atoms with van der Waals surface area (Å²) in [6.45, 7) is 9.31. The Morgan fingerprint density at radius 2 is 2.06 bits per heavy atom. The fraction of sp³-hybridized carbons (Fsp3) is 0.800. The van der Waals surface area contributed by atoms with E-state index < -0.39 is 0 Å². The number of aryl methyl sites for hydroxylation is 2. The molecule has 3 nitrogen and oxygen atoms in total. The van der Waals surface area contributed by atoms with Crippen LogP contribution in [0.4, 0.5) is 0 Å². The van der Waals surface area contributed by atoms with E-state index in [0.29, 0.717) is 5.92 Å². The maximum Gasteiger partial charge on any atom is 0.0959 e. The van der Waals surface area contributed by atoms with E-state index in [1.165, 1.54) is 19.3 Å². The molecule has 3 heteroatoms. The molecule has 1 N–H and O–H groups in total. The molecule has 1 rings (SSSR count). The summed E-state index contributed by atoms with van der Waals surface area (Å²) in [7, 11) is 0. The molecule has 0 saturated heterocycles. The Kier molecular flexibility index (Phi) is 6.41. The number of unbranched alkanes of at least 4 members (excludes halogenated alkanes) is 1. The van der Waals surface area contributed by atoms with Crippen molar-refractivity contribution in [2.45, 2.75) is 72.4 Å². The highest BCUT2D eigenvalue weighted by Gasteiger charge is 2.18. The highest BCUT2D eigenvalue weighted by atomic mass is 16.3. The van der Waals surface area contributed by atoms with Crippen LogP contribution in [0.15, 0.2) is 6.07 Å². The molecule has 1 heterocycles. The minimum atomic E-state index is -0.368. The van der Waals surface area contributed by atoms with Crippen molar-refractivity contribution >= 4 is 0 Å². The van der Waals surface area contributed by atoms with Gasteiger partial charge in [0, 0.05) is 6.54 Å². The molecule has 2 unspecified atom stereocenters. The van der Waals surface area contributed by atoms with Crippen molar-refractivity contribution in [2.24, 2.45) is 5.92 Å². The van der Waals surface area contributed by atoms with Gasteiger partial charge in [0.05, 0.1) is 17.5 Å². The highest BCUT2D eigenvalue weighted by molar-refractivity contribution is 5.11. The van der Waals surface area contributed by atoms with Crippen LogP contribution in [0.25, 0.3) is 0 Å². The van der Waals surface area contributed by atoms with Gasteiger partial charge in [-0.15, -0.1) is 0 Å². The average Bonchev–Trinajstić information content (AvgIpc) is 2.75. The predicted octanol–water partition coefficient (Wildman–Crippen LogP) is 3.85. The fourth-order valence-electron chi connectivity index (χ4n) is 2.50. The van der Waals surface area contributed by atoms with Gasteiger partial charge < -0.3 is 5.11 Å². The predicted molar refractivity (Wildman–Crippen MR) is 75.5 cm³/mol. The molecule has 0 fully saturated rings. The summed E-state index contributed by atoms with van der Waals surface area (Å²) >= 11 is 0. The second kappa shape index (κ2) is 7.57. The van der Waals surface area contributed by atoms with Gasteiger partial charge in [-0.3, -0.25) is 4.68 Å². The van der Waals surface area contributed by atoms with E-state index in [1.807, 2.05) is 17.7 Å². The van der Waals surface area contributed by atoms with Crippen molar-refractivity contribution in [3.8, 4) is 0 Å². The molecule has 0 spiro atoms. The van der Waals surface area contributed by atoms with Crippen LogP contribution in [0.1, 0.15) is 70.4 Å². The molecule has 0 aliphatic carbocycles. The second-order valence-electron chi connectivity index (χ2n) is 5.19. The maximum absolute atomic E-state index is 10.4. The Labute approximate surface area is 111 Å². The van der Waals surface area contributed by atoms with E-state index in [4.69, 9.17) is 0 Å². The van der Waals surface area contributed by atoms with Crippen molar-refractivity contribution in [1.82, 2.24) is 9.78 Å². The minimum absolute atomic E-state index is 0.368. The van der Waals surface area contributed by atoms with Gasteiger partial charge in [-0.1, -0.05) is 39.5 Å². The fourth-order valence-corrected chi connectivity index (χ4v) is 2.50. The van der Waals surface area contributed by atoms with Crippen LogP contribution in [0, 0.1) is 12.8 Å². The Balaban J connectivity index is 2.64. The first kappa shape index (κ1) is 15.2. The van der Waals surface area contributed by atoms with E-state index in [2.05, 4.69) is 25.9 Å². The van der Waals surface area contributed by atoms with Crippen molar-refractivity contribution < 1.29 is 5.11 Å². The van der Waals surface area contributed by atoms with Crippen LogP contribution in [0.2, 0.25) is 0 Å². The summed E-state index contributed by atoms with van der Waals surface area (Å²) < 4.78 is 1.92. The Morgan fingerprint density at radius 1 is 1.33 bits per heavy atom. The molecule has 0 bridgehead atoms. The molecule has 0 radical (unpaired) electrons. The van der Waals surface area contributed by atoms with Crippen LogP contribution >= 0.6 is 0 Å². The van der Waals surface area contributed by atoms with Crippen molar-refractivity contribution in [2.75, 3.05) is 0 Å². The molecular weight excluding hydrogens is 224 g/mol. The van der Waals surface area contributed by atoms with E-state index >= 15 is 0 Å². The largest absolute Gasteiger partial charge is 0.387 e. The number of hydrogen-bond acceptors (Lipinski definition) is 2. The Bertz CT molecular complexity index is 346. The molecule has 104 valence electrons. The lowest BCUT2D eigenvalue weighted by Gasteiger charge is -2.19. The summed E-state index contributed by atoms with van der Waals surface area (Å²) in [5.41, 5.74) is 1.97. The van der Waals surface area contributed by atoms with Gasteiger partial charge >= 0.3 is 0 Å². The van der Waals surface area contributed by atoms with Gasteiger partial charge in [-0.25, -0.2) is 0 Å². The number of aliphatic hydroxyl groups is 1. The van der Waals surface area contributed by atoms with E-state index in [9.17, 15) is 5.11 Å². The summed E-state index contributed by atoms with van der Waals surface area (Å²) in [5, 5.41) is 14.8. The third-order valence-electron chi connectivity index (χ3n) is 3.67. The van der Waals surface area contributed by atoms with Gasteiger partial charge in [-0.2, -0.15) is 5.10 Å². The van der Waals surface area contributed by atoms with Crippen LogP contribution in [0.3, 0.4) is 0 Å². The third kappa shape index (κ3) is 4.13. The van der Waals surface area contributed by atoms with Crippen LogP contribution in [-0.4, -0.2) is 14.9 Å². The third-order valence-corrected chi connectivity index (χ3v) is 3.67. The van der Waals surface area contributed by atoms with Crippen molar-refractivity contribution in [3.05, 3.63) is 17.5 Å². The van der Waals surface area contributed by atoms with Gasteiger partial charge in [-0.05, 0) is 32.3 Å². The van der Waals surface area contributed by atoms with Gasteiger partial charge in [0.1, 0.15) is 0 Å². The lowest BCUT2D eigenvalue weighted by atomic mass is 9.92. The number of rotatable bonds is 8. The number of hydrogen-bond donors (Lipinski definition) is 1. The van der Waals surface area contributed by atoms with E-state index in [-0.39, 0.29) is 6.10 Å². The first-order valence-electron chi connectivity index (χ1n) is 7.34. The molecular formula is C15H28N2O. The molecule has 0 aliphatic rings. The first-order chi connectivity index (χ1) is 8.62. The lowest BCUT2D eigenvalue weighted by molar-refractivity contribution is 0.129. The van der Waals surface area contributed by atoms with Crippen LogP contribution in [0.5, 0.6) is 0 Å². The van der Waals surface area contributed by atoms with Crippen LogP contribution < -0.4 is 0 Å². The molecule has 0 aromatic carbocycles. The normalized spacial score (nSPS) is 14.7. The Hall–Kier alpha value is -0.830. The topological polar surface area (TPSA) is 38.1 Å². The zero-order valence-electron chi connectivity index (χ0n) is 12.3. The molecule has 2 atom stereocenters. The van der Waals surface area contributed by atoms with Crippen LogP contribution in [-0.2, 0) is 6.54 Å². The SMILES string of the molecule is CCCCC(CC)CC(O)c1cc(C)nn1CC. The van der Waals surface area contributed by atoms with Crippen molar-refractivity contribution in [1.29, 1.82) is 0 Å². The Morgan fingerprint density at radius 3 is 2.61 bits per heavy atom. The van der Waals surface area contributed by atoms with E-state index in [0.717, 1.165) is 30.8 Å².